The number of nitrogens with zero attached hydrogens (tertiary/aromatic N) is 1. The Labute approximate surface area is 113 Å². The molecular formula is C12H13FN2O5. The fourth-order valence-corrected chi connectivity index (χ4v) is 2.20. The van der Waals surface area contributed by atoms with Crippen LogP contribution in [0.5, 0.6) is 5.75 Å². The Morgan fingerprint density at radius 1 is 1.60 bits per heavy atom. The molecule has 1 aromatic rings. The molecule has 20 heavy (non-hydrogen) atoms. The van der Waals surface area contributed by atoms with E-state index in [0.717, 1.165) is 18.2 Å². The predicted molar refractivity (Wildman–Crippen MR) is 65.9 cm³/mol. The molecule has 7 nitrogen and oxygen atoms in total. The zero-order valence-corrected chi connectivity index (χ0v) is 10.4. The summed E-state index contributed by atoms with van der Waals surface area (Å²) in [4.78, 5) is 20.8. The summed E-state index contributed by atoms with van der Waals surface area (Å²) < 4.78 is 19.0. The van der Waals surface area contributed by atoms with E-state index in [1.54, 1.807) is 0 Å². The molecule has 2 rings (SSSR count). The second-order valence-corrected chi connectivity index (χ2v) is 4.82. The van der Waals surface area contributed by atoms with Crippen LogP contribution in [0.2, 0.25) is 0 Å². The van der Waals surface area contributed by atoms with Crippen LogP contribution in [-0.4, -0.2) is 27.6 Å². The maximum atomic E-state index is 13.6. The molecule has 1 aromatic carbocycles. The van der Waals surface area contributed by atoms with Crippen LogP contribution in [0.4, 0.5) is 10.1 Å². The lowest BCUT2D eigenvalue weighted by atomic mass is 10.00. The van der Waals surface area contributed by atoms with Crippen molar-refractivity contribution in [1.82, 2.24) is 0 Å². The topological polar surface area (TPSA) is 116 Å². The molecule has 0 heterocycles. The van der Waals surface area contributed by atoms with Crippen molar-refractivity contribution in [2.45, 2.75) is 30.9 Å². The maximum Gasteiger partial charge on any atom is 0.323 e. The summed E-state index contributed by atoms with van der Waals surface area (Å²) >= 11 is 0. The van der Waals surface area contributed by atoms with Gasteiger partial charge in [0.15, 0.2) is 11.6 Å². The van der Waals surface area contributed by atoms with Gasteiger partial charge in [0.25, 0.3) is 5.69 Å². The van der Waals surface area contributed by atoms with E-state index in [0.29, 0.717) is 6.42 Å². The van der Waals surface area contributed by atoms with Crippen LogP contribution in [0.3, 0.4) is 0 Å². The normalized spacial score (nSPS) is 25.4. The fraction of sp³-hybridized carbons (Fsp3) is 0.417. The van der Waals surface area contributed by atoms with Crippen molar-refractivity contribution in [3.8, 4) is 5.75 Å². The van der Waals surface area contributed by atoms with Crippen molar-refractivity contribution in [2.75, 3.05) is 0 Å². The standard InChI is InChI=1S/C12H13FN2O5/c13-9-5-7(15(18)19)1-2-10(9)20-8-3-4-12(14,6-8)11(16)17/h1-2,5,8H,3-4,6,14H2,(H,16,17). The average Bonchev–Trinajstić information content (AvgIpc) is 2.75. The first kappa shape index (κ1) is 14.2. The van der Waals surface area contributed by atoms with E-state index < -0.39 is 28.4 Å². The van der Waals surface area contributed by atoms with Crippen LogP contribution >= 0.6 is 0 Å². The van der Waals surface area contributed by atoms with E-state index in [2.05, 4.69) is 0 Å². The second kappa shape index (κ2) is 5.04. The molecular weight excluding hydrogens is 271 g/mol. The molecule has 0 amide bonds. The maximum absolute atomic E-state index is 13.6. The van der Waals surface area contributed by atoms with Gasteiger partial charge in [0, 0.05) is 12.5 Å². The Bertz CT molecular complexity index is 565. The molecule has 0 saturated heterocycles. The molecule has 0 bridgehead atoms. The summed E-state index contributed by atoms with van der Waals surface area (Å²) in [5.74, 6) is -2.12. The molecule has 108 valence electrons. The van der Waals surface area contributed by atoms with Crippen molar-refractivity contribution in [1.29, 1.82) is 0 Å². The molecule has 0 aromatic heterocycles. The van der Waals surface area contributed by atoms with Crippen LogP contribution in [0.15, 0.2) is 18.2 Å². The van der Waals surface area contributed by atoms with Gasteiger partial charge in [0.1, 0.15) is 11.6 Å². The van der Waals surface area contributed by atoms with Crippen LogP contribution < -0.4 is 10.5 Å². The lowest BCUT2D eigenvalue weighted by Crippen LogP contribution is -2.46. The number of hydrogen-bond donors (Lipinski definition) is 2. The van der Waals surface area contributed by atoms with E-state index >= 15 is 0 Å². The van der Waals surface area contributed by atoms with Gasteiger partial charge in [-0.05, 0) is 18.9 Å². The van der Waals surface area contributed by atoms with Crippen LogP contribution in [-0.2, 0) is 4.79 Å². The van der Waals surface area contributed by atoms with Crippen LogP contribution in [0, 0.1) is 15.9 Å². The number of carbonyl (C=O) groups is 1. The third-order valence-electron chi connectivity index (χ3n) is 3.35. The number of halogens is 1. The summed E-state index contributed by atoms with van der Waals surface area (Å²) in [6, 6.07) is 3.04. The molecule has 2 atom stereocenters. The fourth-order valence-electron chi connectivity index (χ4n) is 2.20. The van der Waals surface area contributed by atoms with E-state index in [1.807, 2.05) is 0 Å². The van der Waals surface area contributed by atoms with Gasteiger partial charge < -0.3 is 15.6 Å². The molecule has 1 aliphatic rings. The molecule has 2 unspecified atom stereocenters. The van der Waals surface area contributed by atoms with Gasteiger partial charge in [-0.3, -0.25) is 14.9 Å². The number of nitrogens with two attached hydrogens (primary N) is 1. The minimum Gasteiger partial charge on any atom is -0.487 e. The SMILES string of the molecule is NC1(C(=O)O)CCC(Oc2ccc([N+](=O)[O-])cc2F)C1. The lowest BCUT2D eigenvalue weighted by Gasteiger charge is -2.18. The van der Waals surface area contributed by atoms with E-state index in [-0.39, 0.29) is 24.3 Å². The minimum absolute atomic E-state index is 0.0682. The zero-order chi connectivity index (χ0) is 14.9. The molecule has 0 aliphatic heterocycles. The highest BCUT2D eigenvalue weighted by Crippen LogP contribution is 2.32. The summed E-state index contributed by atoms with van der Waals surface area (Å²) in [6.07, 6.45) is 0.173. The van der Waals surface area contributed by atoms with Crippen molar-refractivity contribution < 1.29 is 24.0 Å². The Morgan fingerprint density at radius 3 is 2.80 bits per heavy atom. The molecule has 8 heteroatoms. The summed E-state index contributed by atoms with van der Waals surface area (Å²) in [5, 5.41) is 19.5. The van der Waals surface area contributed by atoms with Crippen molar-refractivity contribution in [3.63, 3.8) is 0 Å². The Balaban J connectivity index is 2.09. The van der Waals surface area contributed by atoms with Crippen LogP contribution in [0.25, 0.3) is 0 Å². The van der Waals surface area contributed by atoms with Gasteiger partial charge in [0.2, 0.25) is 0 Å². The minimum atomic E-state index is -1.36. The van der Waals surface area contributed by atoms with Gasteiger partial charge in [-0.15, -0.1) is 0 Å². The number of non-ortho nitro benzene ring substituents is 1. The first-order valence-corrected chi connectivity index (χ1v) is 5.95. The molecule has 0 spiro atoms. The number of nitro groups is 1. The average molecular weight is 284 g/mol. The molecule has 1 aliphatic carbocycles. The number of hydrogen-bond acceptors (Lipinski definition) is 5. The highest BCUT2D eigenvalue weighted by Gasteiger charge is 2.43. The second-order valence-electron chi connectivity index (χ2n) is 4.82. The molecule has 3 N–H and O–H groups in total. The van der Waals surface area contributed by atoms with Gasteiger partial charge in [-0.2, -0.15) is 0 Å². The van der Waals surface area contributed by atoms with Gasteiger partial charge >= 0.3 is 5.97 Å². The number of benzene rings is 1. The third kappa shape index (κ3) is 2.69. The summed E-state index contributed by atoms with van der Waals surface area (Å²) in [5.41, 5.74) is 3.95. The largest absolute Gasteiger partial charge is 0.487 e. The predicted octanol–water partition coefficient (Wildman–Crippen LogP) is 1.45. The molecule has 1 fully saturated rings. The third-order valence-corrected chi connectivity index (χ3v) is 3.35. The summed E-state index contributed by atoms with van der Waals surface area (Å²) in [7, 11) is 0. The number of carboxylic acid groups (broad SMARTS) is 1. The van der Waals surface area contributed by atoms with Crippen LogP contribution in [0.1, 0.15) is 19.3 Å². The number of aliphatic carboxylic acids is 1. The van der Waals surface area contributed by atoms with Crippen molar-refractivity contribution in [2.24, 2.45) is 5.73 Å². The number of carboxylic acids is 1. The van der Waals surface area contributed by atoms with E-state index in [1.165, 1.54) is 0 Å². The van der Waals surface area contributed by atoms with Crippen molar-refractivity contribution >= 4 is 11.7 Å². The zero-order valence-electron chi connectivity index (χ0n) is 10.4. The highest BCUT2D eigenvalue weighted by molar-refractivity contribution is 5.79. The number of nitro benzene ring substituents is 1. The number of ether oxygens (including phenoxy) is 1. The monoisotopic (exact) mass is 284 g/mol. The first-order valence-electron chi connectivity index (χ1n) is 5.95. The molecule has 1 saturated carbocycles. The van der Waals surface area contributed by atoms with E-state index in [4.69, 9.17) is 15.6 Å². The molecule has 0 radical (unpaired) electrons. The van der Waals surface area contributed by atoms with Gasteiger partial charge in [0.05, 0.1) is 11.0 Å². The van der Waals surface area contributed by atoms with Gasteiger partial charge in [-0.25, -0.2) is 4.39 Å². The smallest absolute Gasteiger partial charge is 0.323 e. The van der Waals surface area contributed by atoms with Crippen molar-refractivity contribution in [3.05, 3.63) is 34.1 Å². The Hall–Kier alpha value is -2.22. The first-order chi connectivity index (χ1) is 9.32. The summed E-state index contributed by atoms with van der Waals surface area (Å²) in [6.45, 7) is 0. The quantitative estimate of drug-likeness (QED) is 0.638. The lowest BCUT2D eigenvalue weighted by molar-refractivity contribution is -0.385. The Kier molecular flexibility index (Phi) is 3.58. The highest BCUT2D eigenvalue weighted by atomic mass is 19.1. The van der Waals surface area contributed by atoms with E-state index in [9.17, 15) is 19.3 Å². The number of rotatable bonds is 4. The Morgan fingerprint density at radius 2 is 2.30 bits per heavy atom. The van der Waals surface area contributed by atoms with Gasteiger partial charge in [-0.1, -0.05) is 0 Å².